The molecule has 0 heterocycles. The first-order valence-electron chi connectivity index (χ1n) is 12.6. The third-order valence-corrected chi connectivity index (χ3v) is 12.4. The summed E-state index contributed by atoms with van der Waals surface area (Å²) in [6.45, 7) is 3.87. The number of hydrogen-bond donors (Lipinski definition) is 4. The van der Waals surface area contributed by atoms with Crippen molar-refractivity contribution in [1.29, 1.82) is 0 Å². The minimum Gasteiger partial charge on any atom is -0.507 e. The van der Waals surface area contributed by atoms with Crippen LogP contribution in [0.5, 0.6) is 23.0 Å². The van der Waals surface area contributed by atoms with Crippen LogP contribution in [0, 0.1) is 35.3 Å². The third kappa shape index (κ3) is 7.65. The van der Waals surface area contributed by atoms with Gasteiger partial charge in [-0.05, 0) is 245 Å². The summed E-state index contributed by atoms with van der Waals surface area (Å²) in [6.07, 6.45) is 3.08. The Morgan fingerprint density at radius 1 is 0.463 bits per heavy atom. The Morgan fingerprint density at radius 3 is 1.05 bits per heavy atom. The van der Waals surface area contributed by atoms with Crippen molar-refractivity contribution in [1.82, 2.24) is 0 Å². The van der Waals surface area contributed by atoms with Gasteiger partial charge in [-0.15, -0.1) is 0 Å². The zero-order valence-corrected chi connectivity index (χ0v) is 34.9. The van der Waals surface area contributed by atoms with E-state index >= 15 is 0 Å². The summed E-state index contributed by atoms with van der Waals surface area (Å²) in [5, 5.41) is 42.1. The van der Waals surface area contributed by atoms with Gasteiger partial charge in [0.15, 0.2) is 0 Å². The molecule has 216 valence electrons. The molecule has 0 atom stereocenters. The van der Waals surface area contributed by atoms with E-state index in [-0.39, 0.29) is 0 Å². The molecule has 0 fully saturated rings. The molecule has 0 aliphatic heterocycles. The van der Waals surface area contributed by atoms with E-state index in [1.54, 1.807) is 0 Å². The first-order valence-corrected chi connectivity index (χ1v) is 19.0. The van der Waals surface area contributed by atoms with Crippen molar-refractivity contribution in [2.75, 3.05) is 0 Å². The number of aryl methyl sites for hydroxylation is 4. The van der Waals surface area contributed by atoms with Crippen molar-refractivity contribution in [3.05, 3.63) is 103 Å². The lowest BCUT2D eigenvalue weighted by Gasteiger charge is -2.37. The van der Waals surface area contributed by atoms with E-state index in [2.05, 4.69) is 160 Å². The van der Waals surface area contributed by atoms with E-state index in [4.69, 9.17) is 0 Å². The molecule has 0 spiro atoms. The minimum atomic E-state index is -0.458. The summed E-state index contributed by atoms with van der Waals surface area (Å²) < 4.78 is 4.91. The van der Waals surface area contributed by atoms with Gasteiger partial charge < -0.3 is 20.4 Å². The topological polar surface area (TPSA) is 80.9 Å². The molecule has 4 N–H and O–H groups in total. The van der Waals surface area contributed by atoms with Crippen LogP contribution < -0.4 is 0 Å². The predicted molar refractivity (Wildman–Crippen MR) is 216 cm³/mol. The zero-order chi connectivity index (χ0) is 30.2. The fourth-order valence-corrected chi connectivity index (χ4v) is 10.5. The lowest BCUT2D eigenvalue weighted by atomic mass is 9.67. The van der Waals surface area contributed by atoms with Gasteiger partial charge in [-0.1, -0.05) is 12.1 Å². The van der Waals surface area contributed by atoms with Gasteiger partial charge in [0.1, 0.15) is 23.0 Å². The molecule has 10 heteroatoms. The molecule has 4 nitrogen and oxygen atoms in total. The molecular weight excluding hydrogens is 1200 g/mol. The lowest BCUT2D eigenvalue weighted by molar-refractivity contribution is 0.427. The first kappa shape index (κ1) is 34.3. The number of phenols is 4. The summed E-state index contributed by atoms with van der Waals surface area (Å²) in [6, 6.07) is 16.6. The van der Waals surface area contributed by atoms with Crippen molar-refractivity contribution in [3.8, 4) is 23.0 Å². The molecule has 0 aliphatic carbocycles. The fraction of sp³-hybridized carbons (Fsp3) is 0.226. The van der Waals surface area contributed by atoms with Crippen molar-refractivity contribution < 1.29 is 20.4 Å². The number of benzene rings is 4. The molecule has 0 unspecified atom stereocenters. The first-order chi connectivity index (χ1) is 19.2. The van der Waals surface area contributed by atoms with Crippen LogP contribution in [0.2, 0.25) is 0 Å². The molecule has 4 rings (SSSR count). The van der Waals surface area contributed by atoms with Gasteiger partial charge in [-0.2, -0.15) is 0 Å². The number of hydrogen-bond acceptors (Lipinski definition) is 4. The Hall–Kier alpha value is 0.460. The standard InChI is InChI=1S/C31H26I6O4/c1-15-7-19(13-25(36)27(15)38)31(20-8-16(2)28(39)26(37)14-20,5-3-17-9-21(32)29(40)22(33)10-17)6-4-18-11-23(34)30(41)24(35)12-18/h7-14,38-41H,3-6H2,1-2H3. The van der Waals surface area contributed by atoms with Gasteiger partial charge in [0.25, 0.3) is 0 Å². The Bertz CT molecular complexity index is 1420. The van der Waals surface area contributed by atoms with Gasteiger partial charge in [-0.25, -0.2) is 0 Å². The second-order valence-corrected chi connectivity index (χ2v) is 17.1. The maximum Gasteiger partial charge on any atom is 0.142 e. The largest absolute Gasteiger partial charge is 0.507 e. The number of rotatable bonds is 8. The lowest BCUT2D eigenvalue weighted by Crippen LogP contribution is -2.30. The Balaban J connectivity index is 1.94. The van der Waals surface area contributed by atoms with Crippen LogP contribution in [0.25, 0.3) is 0 Å². The van der Waals surface area contributed by atoms with E-state index in [1.165, 1.54) is 0 Å². The smallest absolute Gasteiger partial charge is 0.142 e. The monoisotopic (exact) mass is 1220 g/mol. The average molecular weight is 1220 g/mol. The van der Waals surface area contributed by atoms with Crippen molar-refractivity contribution in [3.63, 3.8) is 0 Å². The molecule has 0 radical (unpaired) electrons. The highest BCUT2D eigenvalue weighted by atomic mass is 127. The number of aromatic hydroxyl groups is 4. The minimum absolute atomic E-state index is 0.296. The Morgan fingerprint density at radius 2 is 0.756 bits per heavy atom. The average Bonchev–Trinajstić information content (AvgIpc) is 2.91. The van der Waals surface area contributed by atoms with Crippen LogP contribution in [-0.2, 0) is 18.3 Å². The highest BCUT2D eigenvalue weighted by molar-refractivity contribution is 14.1. The van der Waals surface area contributed by atoms with E-state index < -0.39 is 5.41 Å². The van der Waals surface area contributed by atoms with Gasteiger partial charge in [-0.3, -0.25) is 0 Å². The van der Waals surface area contributed by atoms with E-state index in [0.29, 0.717) is 23.0 Å². The second-order valence-electron chi connectivity index (χ2n) is 10.1. The number of phenolic OH excluding ortho intramolecular Hbond substituents is 4. The third-order valence-electron chi connectivity index (χ3n) is 7.45. The second kappa shape index (κ2) is 14.3. The molecule has 0 bridgehead atoms. The van der Waals surface area contributed by atoms with Crippen molar-refractivity contribution >= 4 is 136 Å². The van der Waals surface area contributed by atoms with Crippen LogP contribution in [0.3, 0.4) is 0 Å². The van der Waals surface area contributed by atoms with Crippen LogP contribution in [0.1, 0.15) is 46.2 Å². The van der Waals surface area contributed by atoms with E-state index in [0.717, 1.165) is 80.5 Å². The summed E-state index contributed by atoms with van der Waals surface area (Å²) in [5.74, 6) is 1.21. The number of halogens is 6. The molecule has 4 aromatic rings. The van der Waals surface area contributed by atoms with Crippen LogP contribution >= 0.6 is 136 Å². The molecule has 0 aliphatic rings. The maximum atomic E-state index is 10.7. The van der Waals surface area contributed by atoms with Gasteiger partial charge >= 0.3 is 0 Å². The molecular formula is C31H26I6O4. The molecule has 41 heavy (non-hydrogen) atoms. The van der Waals surface area contributed by atoms with Gasteiger partial charge in [0.05, 0.1) is 21.4 Å². The van der Waals surface area contributed by atoms with E-state index in [1.807, 2.05) is 38.1 Å². The summed E-state index contributed by atoms with van der Waals surface area (Å²) in [5.41, 5.74) is 5.71. The van der Waals surface area contributed by atoms with Gasteiger partial charge in [0, 0.05) is 5.41 Å². The molecule has 0 aromatic heterocycles. The van der Waals surface area contributed by atoms with Crippen molar-refractivity contribution in [2.24, 2.45) is 0 Å². The highest BCUT2D eigenvalue weighted by Gasteiger charge is 2.36. The molecule has 0 saturated carbocycles. The highest BCUT2D eigenvalue weighted by Crippen LogP contribution is 2.46. The molecule has 4 aromatic carbocycles. The van der Waals surface area contributed by atoms with Crippen molar-refractivity contribution in [2.45, 2.75) is 44.9 Å². The fourth-order valence-electron chi connectivity index (χ4n) is 5.13. The van der Waals surface area contributed by atoms with E-state index in [9.17, 15) is 20.4 Å². The summed E-state index contributed by atoms with van der Waals surface area (Å²) in [7, 11) is 0. The van der Waals surface area contributed by atoms with Gasteiger partial charge in [0.2, 0.25) is 0 Å². The SMILES string of the molecule is Cc1cc(C(CCc2cc(I)c(O)c(I)c2)(CCc2cc(I)c(O)c(I)c2)c2cc(C)c(O)c(I)c2)cc(I)c1O. The summed E-state index contributed by atoms with van der Waals surface area (Å²) >= 11 is 13.1. The predicted octanol–water partition coefficient (Wildman–Crippen LogP) is 10.3. The van der Waals surface area contributed by atoms with Crippen LogP contribution in [0.4, 0.5) is 0 Å². The maximum absolute atomic E-state index is 10.7. The van der Waals surface area contributed by atoms with Crippen LogP contribution in [-0.4, -0.2) is 20.4 Å². The Labute approximate surface area is 322 Å². The Kier molecular flexibility index (Phi) is 11.9. The normalized spacial score (nSPS) is 11.7. The van der Waals surface area contributed by atoms with Crippen LogP contribution in [0.15, 0.2) is 48.5 Å². The summed E-state index contributed by atoms with van der Waals surface area (Å²) in [4.78, 5) is 0. The molecule has 0 amide bonds. The zero-order valence-electron chi connectivity index (χ0n) is 22.0. The quantitative estimate of drug-likeness (QED) is 0.133. The molecule has 0 saturated heterocycles.